The maximum absolute atomic E-state index is 12.5. The molecule has 3 aromatic rings. The minimum atomic E-state index is -0.0559. The summed E-state index contributed by atoms with van der Waals surface area (Å²) in [6, 6.07) is 15.6. The largest absolute Gasteiger partial charge is 0.379 e. The van der Waals surface area contributed by atoms with Gasteiger partial charge in [0.2, 0.25) is 11.8 Å². The number of imidazole rings is 1. The van der Waals surface area contributed by atoms with Crippen molar-refractivity contribution in [2.45, 2.75) is 31.6 Å². The monoisotopic (exact) mass is 481 g/mol. The van der Waals surface area contributed by atoms with E-state index in [9.17, 15) is 9.59 Å². The predicted octanol–water partition coefficient (Wildman–Crippen LogP) is 3.13. The van der Waals surface area contributed by atoms with Crippen LogP contribution in [0.15, 0.2) is 53.7 Å². The van der Waals surface area contributed by atoms with Crippen molar-refractivity contribution >= 4 is 40.3 Å². The highest BCUT2D eigenvalue weighted by atomic mass is 32.2. The van der Waals surface area contributed by atoms with Gasteiger partial charge >= 0.3 is 0 Å². The van der Waals surface area contributed by atoms with Gasteiger partial charge in [0, 0.05) is 44.8 Å². The molecule has 0 radical (unpaired) electrons. The SMILES string of the molecule is CCn1c(SCC(=O)NCc2cccc(NC(=O)CCN3CCOCC3)c2)nc2ccccc21. The van der Waals surface area contributed by atoms with Crippen molar-refractivity contribution in [1.29, 1.82) is 0 Å². The number of aryl methyl sites for hydroxylation is 1. The number of thioether (sulfide) groups is 1. The van der Waals surface area contributed by atoms with E-state index in [1.807, 2.05) is 48.5 Å². The maximum Gasteiger partial charge on any atom is 0.230 e. The van der Waals surface area contributed by atoms with E-state index in [-0.39, 0.29) is 11.8 Å². The normalized spacial score (nSPS) is 14.3. The van der Waals surface area contributed by atoms with Crippen LogP contribution in [0.3, 0.4) is 0 Å². The Kier molecular flexibility index (Phi) is 8.56. The molecule has 2 aromatic carbocycles. The van der Waals surface area contributed by atoms with Crippen LogP contribution >= 0.6 is 11.8 Å². The van der Waals surface area contributed by atoms with Gasteiger partial charge in [-0.15, -0.1) is 0 Å². The lowest BCUT2D eigenvalue weighted by atomic mass is 10.2. The number of amides is 2. The van der Waals surface area contributed by atoms with Gasteiger partial charge in [0.05, 0.1) is 30.0 Å². The predicted molar refractivity (Wildman–Crippen MR) is 135 cm³/mol. The third-order valence-electron chi connectivity index (χ3n) is 5.73. The fraction of sp³-hybridized carbons (Fsp3) is 0.400. The molecule has 0 unspecified atom stereocenters. The number of carbonyl (C=O) groups excluding carboxylic acids is 2. The summed E-state index contributed by atoms with van der Waals surface area (Å²) < 4.78 is 7.46. The van der Waals surface area contributed by atoms with Gasteiger partial charge < -0.3 is 19.9 Å². The molecule has 1 fully saturated rings. The number of para-hydroxylation sites is 2. The number of aromatic nitrogens is 2. The zero-order valence-electron chi connectivity index (χ0n) is 19.5. The Morgan fingerprint density at radius 1 is 1.09 bits per heavy atom. The lowest BCUT2D eigenvalue weighted by Gasteiger charge is -2.26. The number of nitrogens with one attached hydrogen (secondary N) is 2. The highest BCUT2D eigenvalue weighted by Gasteiger charge is 2.13. The molecule has 2 N–H and O–H groups in total. The van der Waals surface area contributed by atoms with E-state index < -0.39 is 0 Å². The third-order valence-corrected chi connectivity index (χ3v) is 6.70. The van der Waals surface area contributed by atoms with Gasteiger partial charge in [-0.05, 0) is 36.8 Å². The highest BCUT2D eigenvalue weighted by molar-refractivity contribution is 7.99. The van der Waals surface area contributed by atoms with Gasteiger partial charge in [-0.2, -0.15) is 0 Å². The molecule has 180 valence electrons. The smallest absolute Gasteiger partial charge is 0.230 e. The van der Waals surface area contributed by atoms with Crippen molar-refractivity contribution in [2.24, 2.45) is 0 Å². The average Bonchev–Trinajstić information content (AvgIpc) is 3.23. The first-order valence-corrected chi connectivity index (χ1v) is 12.6. The van der Waals surface area contributed by atoms with E-state index in [0.29, 0.717) is 18.7 Å². The van der Waals surface area contributed by atoms with Crippen LogP contribution in [0.5, 0.6) is 0 Å². The van der Waals surface area contributed by atoms with Crippen LogP contribution in [0.2, 0.25) is 0 Å². The molecule has 34 heavy (non-hydrogen) atoms. The lowest BCUT2D eigenvalue weighted by Crippen LogP contribution is -2.38. The van der Waals surface area contributed by atoms with Gasteiger partial charge in [-0.25, -0.2) is 4.98 Å². The van der Waals surface area contributed by atoms with Crippen LogP contribution in [0, 0.1) is 0 Å². The van der Waals surface area contributed by atoms with Crippen molar-refractivity contribution < 1.29 is 14.3 Å². The van der Waals surface area contributed by atoms with Gasteiger partial charge in [0.1, 0.15) is 0 Å². The summed E-state index contributed by atoms with van der Waals surface area (Å²) in [7, 11) is 0. The zero-order valence-corrected chi connectivity index (χ0v) is 20.3. The number of hydrogen-bond donors (Lipinski definition) is 2. The Morgan fingerprint density at radius 2 is 1.91 bits per heavy atom. The van der Waals surface area contributed by atoms with Crippen LogP contribution in [-0.4, -0.2) is 64.9 Å². The molecule has 1 saturated heterocycles. The summed E-state index contributed by atoms with van der Waals surface area (Å²) in [6.45, 7) is 7.21. The minimum Gasteiger partial charge on any atom is -0.379 e. The van der Waals surface area contributed by atoms with Gasteiger partial charge in [-0.1, -0.05) is 36.0 Å². The van der Waals surface area contributed by atoms with Crippen LogP contribution in [0.1, 0.15) is 18.9 Å². The second-order valence-corrected chi connectivity index (χ2v) is 9.09. The van der Waals surface area contributed by atoms with Crippen molar-refractivity contribution in [3.8, 4) is 0 Å². The van der Waals surface area contributed by atoms with Crippen LogP contribution in [0.25, 0.3) is 11.0 Å². The van der Waals surface area contributed by atoms with E-state index in [4.69, 9.17) is 4.74 Å². The number of nitrogens with zero attached hydrogens (tertiary/aromatic N) is 3. The quantitative estimate of drug-likeness (QED) is 0.433. The number of benzene rings is 2. The first-order chi connectivity index (χ1) is 16.6. The lowest BCUT2D eigenvalue weighted by molar-refractivity contribution is -0.119. The van der Waals surface area contributed by atoms with Gasteiger partial charge in [0.25, 0.3) is 0 Å². The maximum atomic E-state index is 12.5. The van der Waals surface area contributed by atoms with E-state index >= 15 is 0 Å². The molecule has 9 heteroatoms. The molecule has 8 nitrogen and oxygen atoms in total. The Bertz CT molecular complexity index is 1130. The summed E-state index contributed by atoms with van der Waals surface area (Å²) >= 11 is 1.44. The number of ether oxygens (including phenoxy) is 1. The fourth-order valence-corrected chi connectivity index (χ4v) is 4.83. The first kappa shape index (κ1) is 24.3. The number of carbonyl (C=O) groups is 2. The van der Waals surface area contributed by atoms with E-state index in [0.717, 1.165) is 66.8 Å². The van der Waals surface area contributed by atoms with E-state index in [2.05, 4.69) is 32.0 Å². The van der Waals surface area contributed by atoms with Crippen LogP contribution in [-0.2, 0) is 27.4 Å². The minimum absolute atomic E-state index is 0.0112. The van der Waals surface area contributed by atoms with E-state index in [1.54, 1.807) is 0 Å². The summed E-state index contributed by atoms with van der Waals surface area (Å²) in [5.41, 5.74) is 3.70. The molecule has 0 atom stereocenters. The number of rotatable bonds is 10. The van der Waals surface area contributed by atoms with Gasteiger partial charge in [-0.3, -0.25) is 14.5 Å². The molecule has 1 aromatic heterocycles. The Morgan fingerprint density at radius 3 is 2.74 bits per heavy atom. The Labute approximate surface area is 204 Å². The van der Waals surface area contributed by atoms with E-state index in [1.165, 1.54) is 11.8 Å². The summed E-state index contributed by atoms with van der Waals surface area (Å²) in [6.07, 6.45) is 0.445. The molecule has 0 saturated carbocycles. The topological polar surface area (TPSA) is 88.5 Å². The molecular weight excluding hydrogens is 450 g/mol. The molecular formula is C25H31N5O3S. The van der Waals surface area contributed by atoms with Gasteiger partial charge in [0.15, 0.2) is 5.16 Å². The molecule has 2 heterocycles. The van der Waals surface area contributed by atoms with Crippen LogP contribution in [0.4, 0.5) is 5.69 Å². The third kappa shape index (κ3) is 6.59. The standard InChI is InChI=1S/C25H31N5O3S/c1-2-30-22-9-4-3-8-21(22)28-25(30)34-18-24(32)26-17-19-6-5-7-20(16-19)27-23(31)10-11-29-12-14-33-15-13-29/h3-9,16H,2,10-15,17-18H2,1H3,(H,26,32)(H,27,31). The second kappa shape index (κ2) is 12.0. The van der Waals surface area contributed by atoms with Crippen molar-refractivity contribution in [2.75, 3.05) is 43.9 Å². The Balaban J connectivity index is 1.23. The molecule has 1 aliphatic rings. The highest BCUT2D eigenvalue weighted by Crippen LogP contribution is 2.23. The summed E-state index contributed by atoms with van der Waals surface area (Å²) in [5, 5.41) is 6.77. The Hall–Kier alpha value is -2.88. The number of morpholine rings is 1. The van der Waals surface area contributed by atoms with Crippen molar-refractivity contribution in [3.63, 3.8) is 0 Å². The molecule has 1 aliphatic heterocycles. The first-order valence-electron chi connectivity index (χ1n) is 11.7. The molecule has 0 bridgehead atoms. The fourth-order valence-electron chi connectivity index (χ4n) is 3.92. The van der Waals surface area contributed by atoms with Crippen molar-refractivity contribution in [3.05, 3.63) is 54.1 Å². The van der Waals surface area contributed by atoms with Crippen LogP contribution < -0.4 is 10.6 Å². The van der Waals surface area contributed by atoms with Crippen molar-refractivity contribution in [1.82, 2.24) is 19.8 Å². The number of fused-ring (bicyclic) bond motifs is 1. The molecule has 4 rings (SSSR count). The molecule has 0 aliphatic carbocycles. The number of hydrogen-bond acceptors (Lipinski definition) is 6. The number of anilines is 1. The summed E-state index contributed by atoms with van der Waals surface area (Å²) in [4.78, 5) is 31.7. The molecule has 0 spiro atoms. The molecule has 2 amide bonds. The second-order valence-electron chi connectivity index (χ2n) is 8.15. The zero-order chi connectivity index (χ0) is 23.8. The summed E-state index contributed by atoms with van der Waals surface area (Å²) in [5.74, 6) is 0.226. The average molecular weight is 482 g/mol.